The van der Waals surface area contributed by atoms with Gasteiger partial charge in [0, 0.05) is 56.6 Å². The number of nitrogens with one attached hydrogen (secondary N) is 2. The molecule has 6 nitrogen and oxygen atoms in total. The number of hydrogen-bond donors (Lipinski definition) is 2. The molecule has 2 N–H and O–H groups in total. The molecule has 0 radical (unpaired) electrons. The van der Waals surface area contributed by atoms with Gasteiger partial charge in [0.25, 0.3) is 0 Å². The lowest BCUT2D eigenvalue weighted by molar-refractivity contribution is 0.394. The second kappa shape index (κ2) is 12.2. The van der Waals surface area contributed by atoms with Crippen LogP contribution in [0.15, 0.2) is 23.2 Å². The molecule has 1 aliphatic heterocycles. The Morgan fingerprint density at radius 2 is 1.89 bits per heavy atom. The van der Waals surface area contributed by atoms with Crippen LogP contribution in [0.5, 0.6) is 11.5 Å². The Bertz CT molecular complexity index is 573. The molecule has 0 saturated carbocycles. The van der Waals surface area contributed by atoms with Crippen molar-refractivity contribution >= 4 is 35.6 Å². The highest BCUT2D eigenvalue weighted by Gasteiger charge is 2.24. The Hall–Kier alpha value is -1.38. The van der Waals surface area contributed by atoms with Crippen molar-refractivity contribution in [2.45, 2.75) is 39.2 Å². The number of rotatable bonds is 8. The first-order valence-corrected chi connectivity index (χ1v) is 9.51. The lowest BCUT2D eigenvalue weighted by Crippen LogP contribution is -2.44. The molecule has 1 aliphatic rings. The molecule has 154 valence electrons. The minimum Gasteiger partial charge on any atom is -0.497 e. The Balaban J connectivity index is 0.00000364. The van der Waals surface area contributed by atoms with E-state index in [9.17, 15) is 0 Å². The van der Waals surface area contributed by atoms with E-state index in [1.807, 2.05) is 13.1 Å². The maximum atomic E-state index is 5.39. The number of ether oxygens (including phenoxy) is 2. The predicted molar refractivity (Wildman–Crippen MR) is 124 cm³/mol. The van der Waals surface area contributed by atoms with Crippen molar-refractivity contribution < 1.29 is 9.47 Å². The van der Waals surface area contributed by atoms with E-state index in [1.165, 1.54) is 12.8 Å². The van der Waals surface area contributed by atoms with E-state index in [1.54, 1.807) is 14.2 Å². The summed E-state index contributed by atoms with van der Waals surface area (Å²) in [6.07, 6.45) is 3.48. The van der Waals surface area contributed by atoms with E-state index in [4.69, 9.17) is 9.47 Å². The first-order chi connectivity index (χ1) is 12.5. The molecular weight excluding hydrogens is 455 g/mol. The summed E-state index contributed by atoms with van der Waals surface area (Å²) in [6.45, 7) is 7.41. The predicted octanol–water partition coefficient (Wildman–Crippen LogP) is 3.50. The molecule has 27 heavy (non-hydrogen) atoms. The second-order valence-corrected chi connectivity index (χ2v) is 7.18. The van der Waals surface area contributed by atoms with Crippen molar-refractivity contribution in [3.63, 3.8) is 0 Å². The Morgan fingerprint density at radius 3 is 2.44 bits per heavy atom. The zero-order valence-corrected chi connectivity index (χ0v) is 19.6. The van der Waals surface area contributed by atoms with Crippen molar-refractivity contribution in [1.29, 1.82) is 0 Å². The van der Waals surface area contributed by atoms with Gasteiger partial charge < -0.3 is 25.0 Å². The molecule has 0 spiro atoms. The molecule has 1 unspecified atom stereocenters. The number of hydrogen-bond acceptors (Lipinski definition) is 4. The van der Waals surface area contributed by atoms with Gasteiger partial charge in [-0.2, -0.15) is 0 Å². The van der Waals surface area contributed by atoms with Crippen LogP contribution in [-0.4, -0.2) is 52.9 Å². The van der Waals surface area contributed by atoms with Gasteiger partial charge in [-0.05, 0) is 25.2 Å². The molecule has 1 aromatic carbocycles. The molecular formula is C20H35IN4O2. The average molecular weight is 490 g/mol. The third-order valence-electron chi connectivity index (χ3n) is 4.70. The number of aliphatic imine (C=N–C) groups is 1. The lowest BCUT2D eigenvalue weighted by Gasteiger charge is -2.21. The number of benzene rings is 1. The molecule has 0 aromatic heterocycles. The van der Waals surface area contributed by atoms with Crippen LogP contribution in [0, 0.1) is 5.92 Å². The SMILES string of the molecule is CN=C(NCCCC(C)C)NC1CCN(c2cc(OC)cc(OC)c2)C1.I. The number of anilines is 1. The topological polar surface area (TPSA) is 58.1 Å². The summed E-state index contributed by atoms with van der Waals surface area (Å²) in [5.41, 5.74) is 1.13. The van der Waals surface area contributed by atoms with Gasteiger partial charge in [0.1, 0.15) is 11.5 Å². The minimum absolute atomic E-state index is 0. The van der Waals surface area contributed by atoms with Gasteiger partial charge in [-0.15, -0.1) is 24.0 Å². The summed E-state index contributed by atoms with van der Waals surface area (Å²) in [5, 5.41) is 6.97. The van der Waals surface area contributed by atoms with E-state index >= 15 is 0 Å². The normalized spacial score (nSPS) is 16.9. The maximum Gasteiger partial charge on any atom is 0.191 e. The summed E-state index contributed by atoms with van der Waals surface area (Å²) in [7, 11) is 5.20. The van der Waals surface area contributed by atoms with Gasteiger partial charge in [-0.25, -0.2) is 0 Å². The summed E-state index contributed by atoms with van der Waals surface area (Å²) < 4.78 is 10.8. The molecule has 1 heterocycles. The zero-order chi connectivity index (χ0) is 18.9. The molecule has 1 saturated heterocycles. The average Bonchev–Trinajstić information content (AvgIpc) is 3.12. The Labute approximate surface area is 181 Å². The number of guanidine groups is 1. The fourth-order valence-corrected chi connectivity index (χ4v) is 3.19. The number of nitrogens with zero attached hydrogens (tertiary/aromatic N) is 2. The van der Waals surface area contributed by atoms with E-state index in [0.717, 1.165) is 55.1 Å². The van der Waals surface area contributed by atoms with Gasteiger partial charge in [-0.1, -0.05) is 13.8 Å². The third-order valence-corrected chi connectivity index (χ3v) is 4.70. The second-order valence-electron chi connectivity index (χ2n) is 7.18. The molecule has 7 heteroatoms. The molecule has 2 rings (SSSR count). The minimum atomic E-state index is 0. The van der Waals surface area contributed by atoms with Crippen LogP contribution in [0.4, 0.5) is 5.69 Å². The van der Waals surface area contributed by atoms with Crippen molar-refractivity contribution in [2.75, 3.05) is 45.8 Å². The van der Waals surface area contributed by atoms with Crippen LogP contribution in [0.3, 0.4) is 0 Å². The van der Waals surface area contributed by atoms with Gasteiger partial charge in [-0.3, -0.25) is 4.99 Å². The first kappa shape index (κ1) is 23.7. The van der Waals surface area contributed by atoms with Crippen molar-refractivity contribution in [2.24, 2.45) is 10.9 Å². The smallest absolute Gasteiger partial charge is 0.191 e. The van der Waals surface area contributed by atoms with Crippen LogP contribution in [0.2, 0.25) is 0 Å². The highest BCUT2D eigenvalue weighted by molar-refractivity contribution is 14.0. The van der Waals surface area contributed by atoms with E-state index < -0.39 is 0 Å². The van der Waals surface area contributed by atoms with Crippen LogP contribution in [-0.2, 0) is 0 Å². The van der Waals surface area contributed by atoms with Gasteiger partial charge in [0.05, 0.1) is 14.2 Å². The number of halogens is 1. The van der Waals surface area contributed by atoms with Gasteiger partial charge in [0.15, 0.2) is 5.96 Å². The van der Waals surface area contributed by atoms with Gasteiger partial charge in [0.2, 0.25) is 0 Å². The zero-order valence-electron chi connectivity index (χ0n) is 17.2. The molecule has 1 fully saturated rings. The molecule has 1 aromatic rings. The molecule has 0 amide bonds. The molecule has 1 atom stereocenters. The summed E-state index contributed by atoms with van der Waals surface area (Å²) in [6, 6.07) is 6.40. The highest BCUT2D eigenvalue weighted by atomic mass is 127. The van der Waals surface area contributed by atoms with Crippen molar-refractivity contribution in [3.05, 3.63) is 18.2 Å². The van der Waals surface area contributed by atoms with Crippen LogP contribution in [0.1, 0.15) is 33.1 Å². The molecule has 0 aliphatic carbocycles. The molecule has 0 bridgehead atoms. The summed E-state index contributed by atoms with van der Waals surface area (Å²) in [4.78, 5) is 6.71. The lowest BCUT2D eigenvalue weighted by atomic mass is 10.1. The van der Waals surface area contributed by atoms with E-state index in [-0.39, 0.29) is 24.0 Å². The first-order valence-electron chi connectivity index (χ1n) is 9.51. The van der Waals surface area contributed by atoms with Crippen LogP contribution in [0.25, 0.3) is 0 Å². The largest absolute Gasteiger partial charge is 0.497 e. The van der Waals surface area contributed by atoms with Crippen molar-refractivity contribution in [3.8, 4) is 11.5 Å². The fourth-order valence-electron chi connectivity index (χ4n) is 3.19. The quantitative estimate of drug-likeness (QED) is 0.253. The van der Waals surface area contributed by atoms with Crippen molar-refractivity contribution in [1.82, 2.24) is 10.6 Å². The standard InChI is InChI=1S/C20H34N4O2.HI/c1-15(2)7-6-9-22-20(21-3)23-16-8-10-24(14-16)17-11-18(25-4)13-19(12-17)26-5;/h11-13,15-16H,6-10,14H2,1-5H3,(H2,21,22,23);1H. The Kier molecular flexibility index (Phi) is 10.6. The monoisotopic (exact) mass is 490 g/mol. The Morgan fingerprint density at radius 1 is 1.22 bits per heavy atom. The third kappa shape index (κ3) is 7.63. The van der Waals surface area contributed by atoms with E-state index in [0.29, 0.717) is 6.04 Å². The highest BCUT2D eigenvalue weighted by Crippen LogP contribution is 2.30. The van der Waals surface area contributed by atoms with Gasteiger partial charge >= 0.3 is 0 Å². The summed E-state index contributed by atoms with van der Waals surface area (Å²) >= 11 is 0. The fraction of sp³-hybridized carbons (Fsp3) is 0.650. The maximum absolute atomic E-state index is 5.39. The van der Waals surface area contributed by atoms with Crippen LogP contribution < -0.4 is 25.0 Å². The van der Waals surface area contributed by atoms with Crippen LogP contribution >= 0.6 is 24.0 Å². The van der Waals surface area contributed by atoms with E-state index in [2.05, 4.69) is 46.5 Å². The number of methoxy groups -OCH3 is 2. The summed E-state index contributed by atoms with van der Waals surface area (Å²) in [5.74, 6) is 3.27.